The molecule has 17 heavy (non-hydrogen) atoms. The second-order valence-corrected chi connectivity index (χ2v) is 4.91. The SMILES string of the molecule is CCCCN(C(=O)O)C1CCC(CC=O)CC1. The highest BCUT2D eigenvalue weighted by atomic mass is 16.4. The smallest absolute Gasteiger partial charge is 0.407 e. The van der Waals surface area contributed by atoms with Gasteiger partial charge in [0, 0.05) is 19.0 Å². The number of carboxylic acid groups (broad SMARTS) is 1. The van der Waals surface area contributed by atoms with Crippen LogP contribution in [0.4, 0.5) is 4.79 Å². The van der Waals surface area contributed by atoms with Crippen molar-refractivity contribution in [3.05, 3.63) is 0 Å². The molecule has 4 nitrogen and oxygen atoms in total. The molecule has 4 heteroatoms. The van der Waals surface area contributed by atoms with Gasteiger partial charge in [-0.3, -0.25) is 0 Å². The summed E-state index contributed by atoms with van der Waals surface area (Å²) in [6.45, 7) is 2.72. The van der Waals surface area contributed by atoms with Gasteiger partial charge in [0.25, 0.3) is 0 Å². The Morgan fingerprint density at radius 1 is 1.35 bits per heavy atom. The third-order valence-corrected chi connectivity index (χ3v) is 3.68. The standard InChI is InChI=1S/C13H23NO3/c1-2-3-9-14(13(16)17)12-6-4-11(5-7-12)8-10-15/h10-12H,2-9H2,1H3,(H,16,17). The van der Waals surface area contributed by atoms with Gasteiger partial charge in [-0.25, -0.2) is 4.79 Å². The van der Waals surface area contributed by atoms with Crippen molar-refractivity contribution < 1.29 is 14.7 Å². The van der Waals surface area contributed by atoms with E-state index in [0.717, 1.165) is 44.8 Å². The van der Waals surface area contributed by atoms with Gasteiger partial charge < -0.3 is 14.8 Å². The molecule has 1 saturated carbocycles. The van der Waals surface area contributed by atoms with Gasteiger partial charge in [0.15, 0.2) is 0 Å². The van der Waals surface area contributed by atoms with Gasteiger partial charge >= 0.3 is 6.09 Å². The number of carbonyl (C=O) groups excluding carboxylic acids is 1. The zero-order valence-electron chi connectivity index (χ0n) is 10.6. The molecule has 0 atom stereocenters. The molecule has 0 saturated heterocycles. The first-order valence-corrected chi connectivity index (χ1v) is 6.62. The fourth-order valence-electron chi connectivity index (χ4n) is 2.59. The highest BCUT2D eigenvalue weighted by molar-refractivity contribution is 5.65. The summed E-state index contributed by atoms with van der Waals surface area (Å²) < 4.78 is 0. The van der Waals surface area contributed by atoms with Gasteiger partial charge in [-0.1, -0.05) is 13.3 Å². The monoisotopic (exact) mass is 241 g/mol. The number of hydrogen-bond donors (Lipinski definition) is 1. The summed E-state index contributed by atoms with van der Waals surface area (Å²) in [5.41, 5.74) is 0. The Balaban J connectivity index is 2.42. The number of hydrogen-bond acceptors (Lipinski definition) is 2. The lowest BCUT2D eigenvalue weighted by Gasteiger charge is -2.34. The van der Waals surface area contributed by atoms with Gasteiger partial charge in [-0.05, 0) is 38.0 Å². The molecule has 0 aromatic carbocycles. The summed E-state index contributed by atoms with van der Waals surface area (Å²) in [5.74, 6) is 0.477. The molecule has 0 unspecified atom stereocenters. The first-order valence-electron chi connectivity index (χ1n) is 6.62. The van der Waals surface area contributed by atoms with Crippen LogP contribution in [0.5, 0.6) is 0 Å². The predicted octanol–water partition coefficient (Wildman–Crippen LogP) is 2.91. The summed E-state index contributed by atoms with van der Waals surface area (Å²) in [7, 11) is 0. The Morgan fingerprint density at radius 3 is 2.47 bits per heavy atom. The van der Waals surface area contributed by atoms with Crippen molar-refractivity contribution in [3.8, 4) is 0 Å². The van der Waals surface area contributed by atoms with Crippen molar-refractivity contribution in [2.75, 3.05) is 6.54 Å². The molecule has 1 N–H and O–H groups in total. The Morgan fingerprint density at radius 2 is 2.00 bits per heavy atom. The average Bonchev–Trinajstić information content (AvgIpc) is 2.31. The lowest BCUT2D eigenvalue weighted by molar-refractivity contribution is -0.108. The minimum atomic E-state index is -0.794. The lowest BCUT2D eigenvalue weighted by atomic mass is 9.84. The van der Waals surface area contributed by atoms with Gasteiger partial charge in [0.1, 0.15) is 6.29 Å². The van der Waals surface area contributed by atoms with E-state index in [-0.39, 0.29) is 6.04 Å². The van der Waals surface area contributed by atoms with Crippen molar-refractivity contribution in [2.24, 2.45) is 5.92 Å². The number of rotatable bonds is 6. The van der Waals surface area contributed by atoms with Gasteiger partial charge in [0.05, 0.1) is 0 Å². The molecular formula is C13H23NO3. The van der Waals surface area contributed by atoms with Crippen LogP contribution in [-0.2, 0) is 4.79 Å². The fraction of sp³-hybridized carbons (Fsp3) is 0.846. The molecule has 0 radical (unpaired) electrons. The van der Waals surface area contributed by atoms with Crippen LogP contribution in [-0.4, -0.2) is 35.0 Å². The van der Waals surface area contributed by atoms with Crippen LogP contribution in [0.3, 0.4) is 0 Å². The van der Waals surface area contributed by atoms with Gasteiger partial charge in [-0.2, -0.15) is 0 Å². The minimum Gasteiger partial charge on any atom is -0.465 e. The molecule has 0 aromatic rings. The van der Waals surface area contributed by atoms with E-state index >= 15 is 0 Å². The molecule has 0 bridgehead atoms. The predicted molar refractivity (Wildman–Crippen MR) is 66.1 cm³/mol. The molecule has 0 heterocycles. The van der Waals surface area contributed by atoms with Crippen LogP contribution in [0, 0.1) is 5.92 Å². The number of nitrogens with zero attached hydrogens (tertiary/aromatic N) is 1. The molecule has 0 spiro atoms. The Hall–Kier alpha value is -1.06. The van der Waals surface area contributed by atoms with Crippen molar-refractivity contribution in [1.29, 1.82) is 0 Å². The first kappa shape index (κ1) is 14.0. The summed E-state index contributed by atoms with van der Waals surface area (Å²) in [6, 6.07) is 0.168. The summed E-state index contributed by atoms with van der Waals surface area (Å²) in [4.78, 5) is 23.2. The summed E-state index contributed by atoms with van der Waals surface area (Å²) in [5, 5.41) is 9.19. The summed E-state index contributed by atoms with van der Waals surface area (Å²) >= 11 is 0. The topological polar surface area (TPSA) is 57.6 Å². The fourth-order valence-corrected chi connectivity index (χ4v) is 2.59. The molecular weight excluding hydrogens is 218 g/mol. The highest BCUT2D eigenvalue weighted by Gasteiger charge is 2.27. The van der Waals surface area contributed by atoms with Crippen LogP contribution >= 0.6 is 0 Å². The molecule has 1 aliphatic rings. The van der Waals surface area contributed by atoms with Gasteiger partial charge in [0.2, 0.25) is 0 Å². The molecule has 0 aliphatic heterocycles. The minimum absolute atomic E-state index is 0.168. The first-order chi connectivity index (χ1) is 8.19. The van der Waals surface area contributed by atoms with Crippen LogP contribution in [0.25, 0.3) is 0 Å². The van der Waals surface area contributed by atoms with Crippen LogP contribution in [0.1, 0.15) is 51.9 Å². The van der Waals surface area contributed by atoms with E-state index in [9.17, 15) is 14.7 Å². The zero-order valence-corrected chi connectivity index (χ0v) is 10.6. The van der Waals surface area contributed by atoms with Gasteiger partial charge in [-0.15, -0.1) is 0 Å². The van der Waals surface area contributed by atoms with E-state index < -0.39 is 6.09 Å². The van der Waals surface area contributed by atoms with E-state index in [1.807, 2.05) is 0 Å². The summed E-state index contributed by atoms with van der Waals surface area (Å²) in [6.07, 6.45) is 6.57. The van der Waals surface area contributed by atoms with E-state index in [1.165, 1.54) is 0 Å². The average molecular weight is 241 g/mol. The van der Waals surface area contributed by atoms with Crippen LogP contribution in [0.2, 0.25) is 0 Å². The van der Waals surface area contributed by atoms with Crippen molar-refractivity contribution >= 4 is 12.4 Å². The van der Waals surface area contributed by atoms with Crippen molar-refractivity contribution in [1.82, 2.24) is 4.90 Å². The second-order valence-electron chi connectivity index (χ2n) is 4.91. The van der Waals surface area contributed by atoms with Crippen molar-refractivity contribution in [2.45, 2.75) is 57.9 Å². The lowest BCUT2D eigenvalue weighted by Crippen LogP contribution is -2.42. The normalized spacial score (nSPS) is 24.3. The van der Waals surface area contributed by atoms with Crippen molar-refractivity contribution in [3.63, 3.8) is 0 Å². The van der Waals surface area contributed by atoms with E-state index in [4.69, 9.17) is 0 Å². The maximum absolute atomic E-state index is 11.2. The Bertz CT molecular complexity index is 247. The number of carbonyl (C=O) groups is 2. The third-order valence-electron chi connectivity index (χ3n) is 3.68. The maximum Gasteiger partial charge on any atom is 0.407 e. The molecule has 1 rings (SSSR count). The van der Waals surface area contributed by atoms with E-state index in [1.54, 1.807) is 4.90 Å². The van der Waals surface area contributed by atoms with Crippen LogP contribution < -0.4 is 0 Å². The number of unbranched alkanes of at least 4 members (excludes halogenated alkanes) is 1. The second kappa shape index (κ2) is 7.30. The quantitative estimate of drug-likeness (QED) is 0.727. The highest BCUT2D eigenvalue weighted by Crippen LogP contribution is 2.29. The Kier molecular flexibility index (Phi) is 6.01. The third kappa shape index (κ3) is 4.36. The molecule has 1 amide bonds. The van der Waals surface area contributed by atoms with E-state index in [0.29, 0.717) is 18.9 Å². The Labute approximate surface area is 103 Å². The largest absolute Gasteiger partial charge is 0.465 e. The molecule has 0 aromatic heterocycles. The maximum atomic E-state index is 11.2. The van der Waals surface area contributed by atoms with Crippen LogP contribution in [0.15, 0.2) is 0 Å². The molecule has 1 aliphatic carbocycles. The number of amides is 1. The molecule has 98 valence electrons. The molecule has 1 fully saturated rings. The number of aldehydes is 1. The zero-order chi connectivity index (χ0) is 12.7. The van der Waals surface area contributed by atoms with E-state index in [2.05, 4.69) is 6.92 Å².